The second-order valence-corrected chi connectivity index (χ2v) is 4.43. The Balaban J connectivity index is 2.29. The molecule has 0 aliphatic rings. The predicted molar refractivity (Wildman–Crippen MR) is 72.3 cm³/mol. The fourth-order valence-corrected chi connectivity index (χ4v) is 1.42. The van der Waals surface area contributed by atoms with Gasteiger partial charge in [-0.25, -0.2) is 0 Å². The standard InChI is InChI=1S/C14H23NO3/c1-4-17-13-5-7-14(8-6-13)18-10-12(16)9-15-11(2)3/h5-8,11-12,15-16H,4,9-10H2,1-3H3. The molecule has 1 atom stereocenters. The number of aliphatic hydroxyl groups excluding tert-OH is 1. The van der Waals surface area contributed by atoms with Gasteiger partial charge in [0.15, 0.2) is 0 Å². The maximum absolute atomic E-state index is 9.69. The molecule has 0 fully saturated rings. The molecule has 2 N–H and O–H groups in total. The summed E-state index contributed by atoms with van der Waals surface area (Å²) < 4.78 is 10.8. The van der Waals surface area contributed by atoms with Gasteiger partial charge in [-0.1, -0.05) is 13.8 Å². The fraction of sp³-hybridized carbons (Fsp3) is 0.571. The van der Waals surface area contributed by atoms with Crippen LogP contribution in [0.2, 0.25) is 0 Å². The highest BCUT2D eigenvalue weighted by Gasteiger charge is 2.05. The lowest BCUT2D eigenvalue weighted by molar-refractivity contribution is 0.104. The molecule has 0 aliphatic carbocycles. The molecule has 1 aromatic carbocycles. The molecule has 102 valence electrons. The molecule has 0 bridgehead atoms. The van der Waals surface area contributed by atoms with E-state index >= 15 is 0 Å². The lowest BCUT2D eigenvalue weighted by Gasteiger charge is -2.15. The van der Waals surface area contributed by atoms with Crippen LogP contribution in [0.3, 0.4) is 0 Å². The van der Waals surface area contributed by atoms with Gasteiger partial charge in [-0.2, -0.15) is 0 Å². The number of hydrogen-bond acceptors (Lipinski definition) is 4. The monoisotopic (exact) mass is 253 g/mol. The molecule has 0 saturated heterocycles. The summed E-state index contributed by atoms with van der Waals surface area (Å²) in [4.78, 5) is 0. The first-order chi connectivity index (χ1) is 8.61. The van der Waals surface area contributed by atoms with Crippen molar-refractivity contribution in [2.45, 2.75) is 32.9 Å². The maximum Gasteiger partial charge on any atom is 0.119 e. The van der Waals surface area contributed by atoms with Crippen LogP contribution < -0.4 is 14.8 Å². The van der Waals surface area contributed by atoms with Crippen LogP contribution in [-0.2, 0) is 0 Å². The van der Waals surface area contributed by atoms with Gasteiger partial charge in [0.2, 0.25) is 0 Å². The van der Waals surface area contributed by atoms with Gasteiger partial charge in [0.25, 0.3) is 0 Å². The highest BCUT2D eigenvalue weighted by Crippen LogP contribution is 2.17. The number of benzene rings is 1. The van der Waals surface area contributed by atoms with E-state index in [2.05, 4.69) is 5.32 Å². The largest absolute Gasteiger partial charge is 0.494 e. The molecule has 0 heterocycles. The Morgan fingerprint density at radius 2 is 1.67 bits per heavy atom. The first kappa shape index (κ1) is 14.8. The highest BCUT2D eigenvalue weighted by molar-refractivity contribution is 5.31. The van der Waals surface area contributed by atoms with Crippen molar-refractivity contribution in [1.29, 1.82) is 0 Å². The molecule has 0 spiro atoms. The van der Waals surface area contributed by atoms with Crippen molar-refractivity contribution < 1.29 is 14.6 Å². The van der Waals surface area contributed by atoms with Gasteiger partial charge in [-0.05, 0) is 31.2 Å². The third-order valence-corrected chi connectivity index (χ3v) is 2.34. The molecule has 0 radical (unpaired) electrons. The quantitative estimate of drug-likeness (QED) is 0.742. The Labute approximate surface area is 109 Å². The third-order valence-electron chi connectivity index (χ3n) is 2.34. The van der Waals surface area contributed by atoms with E-state index in [1.165, 1.54) is 0 Å². The zero-order valence-electron chi connectivity index (χ0n) is 11.3. The second kappa shape index (κ2) is 7.95. The maximum atomic E-state index is 9.69. The van der Waals surface area contributed by atoms with Crippen LogP contribution in [0.15, 0.2) is 24.3 Å². The summed E-state index contributed by atoms with van der Waals surface area (Å²) in [6.45, 7) is 7.50. The molecule has 0 aromatic heterocycles. The molecule has 1 aromatic rings. The van der Waals surface area contributed by atoms with Crippen LogP contribution >= 0.6 is 0 Å². The summed E-state index contributed by atoms with van der Waals surface area (Å²) in [7, 11) is 0. The van der Waals surface area contributed by atoms with Crippen molar-refractivity contribution in [1.82, 2.24) is 5.32 Å². The number of ether oxygens (including phenoxy) is 2. The Morgan fingerprint density at radius 1 is 1.11 bits per heavy atom. The summed E-state index contributed by atoms with van der Waals surface area (Å²) in [5.41, 5.74) is 0. The lowest BCUT2D eigenvalue weighted by Crippen LogP contribution is -2.35. The van der Waals surface area contributed by atoms with Gasteiger partial charge in [0, 0.05) is 12.6 Å². The molecule has 0 amide bonds. The number of nitrogens with one attached hydrogen (secondary N) is 1. The van der Waals surface area contributed by atoms with E-state index < -0.39 is 6.10 Å². The van der Waals surface area contributed by atoms with Crippen LogP contribution in [0.4, 0.5) is 0 Å². The number of rotatable bonds is 8. The van der Waals surface area contributed by atoms with Crippen molar-refractivity contribution in [3.05, 3.63) is 24.3 Å². The van der Waals surface area contributed by atoms with Gasteiger partial charge < -0.3 is 19.9 Å². The first-order valence-corrected chi connectivity index (χ1v) is 6.39. The van der Waals surface area contributed by atoms with Crippen molar-refractivity contribution in [3.8, 4) is 11.5 Å². The van der Waals surface area contributed by atoms with Gasteiger partial charge in [-0.15, -0.1) is 0 Å². The van der Waals surface area contributed by atoms with Crippen molar-refractivity contribution in [3.63, 3.8) is 0 Å². The zero-order valence-corrected chi connectivity index (χ0v) is 11.3. The number of hydrogen-bond donors (Lipinski definition) is 2. The third kappa shape index (κ3) is 5.89. The van der Waals surface area contributed by atoms with E-state index in [0.29, 0.717) is 19.2 Å². The van der Waals surface area contributed by atoms with Crippen LogP contribution in [0, 0.1) is 0 Å². The van der Waals surface area contributed by atoms with E-state index in [-0.39, 0.29) is 6.61 Å². The summed E-state index contributed by atoms with van der Waals surface area (Å²) in [5.74, 6) is 1.56. The van der Waals surface area contributed by atoms with Gasteiger partial charge in [0.1, 0.15) is 24.2 Å². The topological polar surface area (TPSA) is 50.7 Å². The molecule has 1 unspecified atom stereocenters. The smallest absolute Gasteiger partial charge is 0.119 e. The summed E-state index contributed by atoms with van der Waals surface area (Å²) >= 11 is 0. The van der Waals surface area contributed by atoms with Gasteiger partial charge in [0.05, 0.1) is 6.61 Å². The van der Waals surface area contributed by atoms with Crippen LogP contribution in [-0.4, -0.2) is 37.0 Å². The molecular formula is C14H23NO3. The second-order valence-electron chi connectivity index (χ2n) is 4.43. The highest BCUT2D eigenvalue weighted by atomic mass is 16.5. The normalized spacial score (nSPS) is 12.5. The van der Waals surface area contributed by atoms with E-state index in [1.54, 1.807) is 0 Å². The van der Waals surface area contributed by atoms with E-state index in [1.807, 2.05) is 45.0 Å². The number of aliphatic hydroxyl groups is 1. The minimum atomic E-state index is -0.501. The molecule has 0 aliphatic heterocycles. The van der Waals surface area contributed by atoms with E-state index in [0.717, 1.165) is 11.5 Å². The Kier molecular flexibility index (Phi) is 6.54. The SMILES string of the molecule is CCOc1ccc(OCC(O)CNC(C)C)cc1. The summed E-state index contributed by atoms with van der Waals surface area (Å²) in [5, 5.41) is 12.8. The van der Waals surface area contributed by atoms with Crippen molar-refractivity contribution in [2.24, 2.45) is 0 Å². The Morgan fingerprint density at radius 3 is 2.17 bits per heavy atom. The molecule has 4 nitrogen and oxygen atoms in total. The van der Waals surface area contributed by atoms with E-state index in [9.17, 15) is 5.11 Å². The first-order valence-electron chi connectivity index (χ1n) is 6.39. The predicted octanol–water partition coefficient (Wildman–Crippen LogP) is 1.82. The molecular weight excluding hydrogens is 230 g/mol. The van der Waals surface area contributed by atoms with E-state index in [4.69, 9.17) is 9.47 Å². The van der Waals surface area contributed by atoms with Crippen LogP contribution in [0.25, 0.3) is 0 Å². The molecule has 0 saturated carbocycles. The Bertz CT molecular complexity index is 324. The van der Waals surface area contributed by atoms with Crippen LogP contribution in [0.1, 0.15) is 20.8 Å². The van der Waals surface area contributed by atoms with Gasteiger partial charge >= 0.3 is 0 Å². The summed E-state index contributed by atoms with van der Waals surface area (Å²) in [6.07, 6.45) is -0.501. The molecule has 18 heavy (non-hydrogen) atoms. The van der Waals surface area contributed by atoms with Crippen molar-refractivity contribution >= 4 is 0 Å². The molecule has 1 rings (SSSR count). The average molecular weight is 253 g/mol. The fourth-order valence-electron chi connectivity index (χ4n) is 1.42. The van der Waals surface area contributed by atoms with Crippen molar-refractivity contribution in [2.75, 3.05) is 19.8 Å². The van der Waals surface area contributed by atoms with Crippen LogP contribution in [0.5, 0.6) is 11.5 Å². The van der Waals surface area contributed by atoms with Gasteiger partial charge in [-0.3, -0.25) is 0 Å². The lowest BCUT2D eigenvalue weighted by atomic mass is 10.3. The minimum absolute atomic E-state index is 0.285. The Hall–Kier alpha value is -1.26. The average Bonchev–Trinajstić information content (AvgIpc) is 2.36. The molecule has 4 heteroatoms. The minimum Gasteiger partial charge on any atom is -0.494 e. The summed E-state index contributed by atoms with van der Waals surface area (Å²) in [6, 6.07) is 7.77. The zero-order chi connectivity index (χ0) is 13.4.